The van der Waals surface area contributed by atoms with Gasteiger partial charge >= 0.3 is 5.97 Å². The summed E-state index contributed by atoms with van der Waals surface area (Å²) in [5.74, 6) is 2.75. The smallest absolute Gasteiger partial charge is 0.303 e. The molecule has 0 aromatic carbocycles. The van der Waals surface area contributed by atoms with Gasteiger partial charge in [-0.1, -0.05) is 32.9 Å². The molecule has 1 N–H and O–H groups in total. The molecule has 0 unspecified atom stereocenters. The first-order valence-electron chi connectivity index (χ1n) is 10.9. The third kappa shape index (κ3) is 2.93. The number of hydrogen-bond donors (Lipinski definition) is 1. The minimum atomic E-state index is -0.667. The van der Waals surface area contributed by atoms with Crippen LogP contribution in [0.25, 0.3) is 0 Å². The monoisotopic (exact) mass is 370 g/mol. The molecule has 3 heteroatoms. The maximum Gasteiger partial charge on any atom is 0.303 e. The molecule has 0 amide bonds. The van der Waals surface area contributed by atoms with Crippen LogP contribution in [0.5, 0.6) is 0 Å². The number of carbonyl (C=O) groups excluding carboxylic acids is 1. The molecule has 0 spiro atoms. The lowest BCUT2D eigenvalue weighted by Crippen LogP contribution is -2.49. The molecule has 2 saturated carbocycles. The Morgan fingerprint density at radius 2 is 2.00 bits per heavy atom. The highest BCUT2D eigenvalue weighted by molar-refractivity contribution is 5.92. The zero-order valence-corrected chi connectivity index (χ0v) is 17.0. The molecule has 7 atom stereocenters. The molecule has 0 aromatic heterocycles. The number of carboxylic acid groups (broad SMARTS) is 1. The minimum absolute atomic E-state index is 0.168. The quantitative estimate of drug-likeness (QED) is 0.720. The van der Waals surface area contributed by atoms with Gasteiger partial charge in [0.2, 0.25) is 0 Å². The molecule has 4 aliphatic carbocycles. The molecule has 148 valence electrons. The van der Waals surface area contributed by atoms with Crippen molar-refractivity contribution in [2.24, 2.45) is 40.4 Å². The number of fused-ring (bicyclic) bond motifs is 5. The molecule has 0 bridgehead atoms. The first-order valence-corrected chi connectivity index (χ1v) is 10.9. The van der Waals surface area contributed by atoms with Gasteiger partial charge in [0, 0.05) is 12.8 Å². The normalized spacial score (nSPS) is 44.1. The summed E-state index contributed by atoms with van der Waals surface area (Å²) in [6.07, 6.45) is 14.4. The third-order valence-corrected chi connectivity index (χ3v) is 9.09. The molecule has 4 rings (SSSR count). The lowest BCUT2D eigenvalue weighted by atomic mass is 9.48. The largest absolute Gasteiger partial charge is 0.481 e. The molecule has 0 saturated heterocycles. The molecular formula is C24H34O3. The summed E-state index contributed by atoms with van der Waals surface area (Å²) in [4.78, 5) is 23.0. The van der Waals surface area contributed by atoms with Crippen LogP contribution in [0.4, 0.5) is 0 Å². The van der Waals surface area contributed by atoms with Crippen LogP contribution in [-0.4, -0.2) is 16.9 Å². The summed E-state index contributed by atoms with van der Waals surface area (Å²) >= 11 is 0. The Morgan fingerprint density at radius 3 is 2.74 bits per heavy atom. The fourth-order valence-electron chi connectivity index (χ4n) is 7.52. The van der Waals surface area contributed by atoms with Crippen LogP contribution in [0.3, 0.4) is 0 Å². The SMILES string of the molecule is C[C@H](CCC(=O)O)[C@@H]1CC[C@@H]2[C@H]3C=CC4=CC(=O)CC[C@]4(C)[C@@H]3CC[C@]21C. The highest BCUT2D eigenvalue weighted by Crippen LogP contribution is 2.66. The van der Waals surface area contributed by atoms with Crippen LogP contribution in [0, 0.1) is 40.4 Å². The van der Waals surface area contributed by atoms with Crippen LogP contribution in [-0.2, 0) is 9.59 Å². The molecular weight excluding hydrogens is 336 g/mol. The second-order valence-corrected chi connectivity index (χ2v) is 10.3. The molecule has 0 heterocycles. The summed E-state index contributed by atoms with van der Waals surface area (Å²) < 4.78 is 0. The number of carboxylic acids is 1. The van der Waals surface area contributed by atoms with Gasteiger partial charge < -0.3 is 5.11 Å². The van der Waals surface area contributed by atoms with Crippen molar-refractivity contribution >= 4 is 11.8 Å². The number of allylic oxidation sites excluding steroid dienone is 4. The van der Waals surface area contributed by atoms with Gasteiger partial charge in [-0.15, -0.1) is 0 Å². The zero-order chi connectivity index (χ0) is 19.4. The summed E-state index contributed by atoms with van der Waals surface area (Å²) in [6.45, 7) is 7.17. The maximum absolute atomic E-state index is 11.9. The second-order valence-electron chi connectivity index (χ2n) is 10.3. The van der Waals surface area contributed by atoms with Gasteiger partial charge in [-0.25, -0.2) is 0 Å². The average molecular weight is 371 g/mol. The summed E-state index contributed by atoms with van der Waals surface area (Å²) in [6, 6.07) is 0. The van der Waals surface area contributed by atoms with E-state index in [1.807, 2.05) is 6.08 Å². The topological polar surface area (TPSA) is 54.4 Å². The van der Waals surface area contributed by atoms with E-state index in [-0.39, 0.29) is 5.41 Å². The Balaban J connectivity index is 1.59. The van der Waals surface area contributed by atoms with Gasteiger partial charge in [-0.2, -0.15) is 0 Å². The fourth-order valence-corrected chi connectivity index (χ4v) is 7.52. The molecule has 0 aromatic rings. The first kappa shape index (κ1) is 19.0. The van der Waals surface area contributed by atoms with E-state index < -0.39 is 5.97 Å². The molecule has 3 nitrogen and oxygen atoms in total. The van der Waals surface area contributed by atoms with E-state index in [9.17, 15) is 9.59 Å². The summed E-state index contributed by atoms with van der Waals surface area (Å²) in [5, 5.41) is 9.07. The third-order valence-electron chi connectivity index (χ3n) is 9.09. The van der Waals surface area contributed by atoms with Gasteiger partial charge in [-0.05, 0) is 90.6 Å². The number of ketones is 1. The highest BCUT2D eigenvalue weighted by atomic mass is 16.4. The van der Waals surface area contributed by atoms with Crippen molar-refractivity contribution in [1.29, 1.82) is 0 Å². The number of hydrogen-bond acceptors (Lipinski definition) is 2. The molecule has 4 aliphatic rings. The lowest BCUT2D eigenvalue weighted by Gasteiger charge is -2.56. The van der Waals surface area contributed by atoms with E-state index in [2.05, 4.69) is 32.9 Å². The molecule has 0 radical (unpaired) electrons. The molecule has 27 heavy (non-hydrogen) atoms. The lowest BCUT2D eigenvalue weighted by molar-refractivity contribution is -0.137. The van der Waals surface area contributed by atoms with Crippen molar-refractivity contribution in [3.63, 3.8) is 0 Å². The first-order chi connectivity index (χ1) is 12.8. The standard InChI is InChI=1S/C24H34O3/c1-15(4-9-22(26)27)19-7-8-20-18-6-5-16-14-17(25)10-12-23(16,2)21(18)11-13-24(19,20)3/h5-6,14-15,18-21H,4,7-13H2,1-3H3,(H,26,27)/t15-,18-,19+,20-,21-,23+,24+/m1/s1. The summed E-state index contributed by atoms with van der Waals surface area (Å²) in [7, 11) is 0. The number of aliphatic carboxylic acids is 1. The Morgan fingerprint density at radius 1 is 1.22 bits per heavy atom. The van der Waals surface area contributed by atoms with Gasteiger partial charge in [0.15, 0.2) is 5.78 Å². The Kier molecular flexibility index (Phi) is 4.63. The van der Waals surface area contributed by atoms with E-state index in [0.717, 1.165) is 12.8 Å². The van der Waals surface area contributed by atoms with Gasteiger partial charge in [-0.3, -0.25) is 9.59 Å². The van der Waals surface area contributed by atoms with Crippen LogP contribution in [0.15, 0.2) is 23.8 Å². The van der Waals surface area contributed by atoms with Crippen LogP contribution < -0.4 is 0 Å². The predicted octanol–water partition coefficient (Wildman–Crippen LogP) is 5.41. The van der Waals surface area contributed by atoms with Gasteiger partial charge in [0.25, 0.3) is 0 Å². The van der Waals surface area contributed by atoms with Crippen LogP contribution in [0.2, 0.25) is 0 Å². The number of carbonyl (C=O) groups is 2. The summed E-state index contributed by atoms with van der Waals surface area (Å²) in [5.41, 5.74) is 1.78. The van der Waals surface area contributed by atoms with E-state index in [1.165, 1.54) is 31.3 Å². The van der Waals surface area contributed by atoms with Crippen molar-refractivity contribution in [2.75, 3.05) is 0 Å². The van der Waals surface area contributed by atoms with Gasteiger partial charge in [0.1, 0.15) is 0 Å². The predicted molar refractivity (Wildman–Crippen MR) is 106 cm³/mol. The van der Waals surface area contributed by atoms with E-state index in [1.54, 1.807) is 0 Å². The van der Waals surface area contributed by atoms with Crippen molar-refractivity contribution < 1.29 is 14.7 Å². The fraction of sp³-hybridized carbons (Fsp3) is 0.750. The van der Waals surface area contributed by atoms with Crippen molar-refractivity contribution in [1.82, 2.24) is 0 Å². The second kappa shape index (κ2) is 6.60. The highest BCUT2D eigenvalue weighted by Gasteiger charge is 2.58. The van der Waals surface area contributed by atoms with E-state index in [4.69, 9.17) is 5.11 Å². The van der Waals surface area contributed by atoms with Crippen molar-refractivity contribution in [2.45, 2.75) is 72.1 Å². The van der Waals surface area contributed by atoms with Gasteiger partial charge in [0.05, 0.1) is 0 Å². The Bertz CT molecular complexity index is 704. The van der Waals surface area contributed by atoms with Crippen LogP contribution in [0.1, 0.15) is 72.1 Å². The van der Waals surface area contributed by atoms with Crippen molar-refractivity contribution in [3.05, 3.63) is 23.8 Å². The maximum atomic E-state index is 11.9. The van der Waals surface area contributed by atoms with Crippen molar-refractivity contribution in [3.8, 4) is 0 Å². The number of rotatable bonds is 4. The average Bonchev–Trinajstić information content (AvgIpc) is 2.97. The van der Waals surface area contributed by atoms with E-state index in [0.29, 0.717) is 53.6 Å². The molecule has 2 fully saturated rings. The molecule has 0 aliphatic heterocycles. The van der Waals surface area contributed by atoms with Crippen LogP contribution >= 0.6 is 0 Å². The van der Waals surface area contributed by atoms with E-state index >= 15 is 0 Å². The zero-order valence-electron chi connectivity index (χ0n) is 17.0. The minimum Gasteiger partial charge on any atom is -0.481 e. The Labute approximate surface area is 163 Å². The Hall–Kier alpha value is -1.38.